The van der Waals surface area contributed by atoms with Gasteiger partial charge in [-0.05, 0) is 42.2 Å². The molecule has 3 heteroatoms. The van der Waals surface area contributed by atoms with Crippen LogP contribution in [0.1, 0.15) is 51.5 Å². The van der Waals surface area contributed by atoms with Gasteiger partial charge in [-0.1, -0.05) is 20.8 Å². The zero-order chi connectivity index (χ0) is 13.3. The molecule has 1 heterocycles. The van der Waals surface area contributed by atoms with E-state index in [9.17, 15) is 4.39 Å². The molecule has 1 aromatic heterocycles. The maximum atomic E-state index is 13.9. The van der Waals surface area contributed by atoms with Crippen molar-refractivity contribution >= 4 is 0 Å². The Labute approximate surface area is 109 Å². The standard InChI is InChI=1S/C15H23FN2/c1-15(2,3)10-4-5-14(17)12(8-10)11-6-7-18-9-13(11)16/h6-7,9-10,12,14H,4-5,8,17H2,1-3H3. The molecule has 2 N–H and O–H groups in total. The van der Waals surface area contributed by atoms with Crippen molar-refractivity contribution in [1.82, 2.24) is 4.98 Å². The van der Waals surface area contributed by atoms with Gasteiger partial charge in [-0.3, -0.25) is 4.98 Å². The van der Waals surface area contributed by atoms with E-state index in [4.69, 9.17) is 5.73 Å². The quantitative estimate of drug-likeness (QED) is 0.828. The molecule has 0 spiro atoms. The number of nitrogens with two attached hydrogens (primary N) is 1. The van der Waals surface area contributed by atoms with E-state index in [0.717, 1.165) is 24.8 Å². The number of rotatable bonds is 1. The average molecular weight is 250 g/mol. The predicted octanol–water partition coefficient (Wildman–Crippen LogP) is 3.48. The Kier molecular flexibility index (Phi) is 3.71. The van der Waals surface area contributed by atoms with Gasteiger partial charge in [0.2, 0.25) is 0 Å². The van der Waals surface area contributed by atoms with Crippen LogP contribution in [0.3, 0.4) is 0 Å². The van der Waals surface area contributed by atoms with E-state index in [1.54, 1.807) is 12.3 Å². The largest absolute Gasteiger partial charge is 0.327 e. The summed E-state index contributed by atoms with van der Waals surface area (Å²) in [5, 5.41) is 0. The van der Waals surface area contributed by atoms with Crippen molar-refractivity contribution in [1.29, 1.82) is 0 Å². The first-order chi connectivity index (χ1) is 8.39. The zero-order valence-corrected chi connectivity index (χ0v) is 11.5. The van der Waals surface area contributed by atoms with E-state index in [1.807, 2.05) is 0 Å². The van der Waals surface area contributed by atoms with Gasteiger partial charge in [0.15, 0.2) is 0 Å². The third-order valence-electron chi connectivity index (χ3n) is 4.33. The molecule has 2 nitrogen and oxygen atoms in total. The van der Waals surface area contributed by atoms with Gasteiger partial charge in [-0.15, -0.1) is 0 Å². The normalized spacial score (nSPS) is 29.3. The van der Waals surface area contributed by atoms with Crippen molar-refractivity contribution < 1.29 is 4.39 Å². The molecule has 100 valence electrons. The van der Waals surface area contributed by atoms with Crippen LogP contribution in [0, 0.1) is 17.2 Å². The summed E-state index contributed by atoms with van der Waals surface area (Å²) in [7, 11) is 0. The van der Waals surface area contributed by atoms with Gasteiger partial charge >= 0.3 is 0 Å². The Morgan fingerprint density at radius 3 is 2.67 bits per heavy atom. The van der Waals surface area contributed by atoms with Crippen molar-refractivity contribution in [2.24, 2.45) is 17.1 Å². The number of nitrogens with zero attached hydrogens (tertiary/aromatic N) is 1. The second kappa shape index (κ2) is 4.96. The van der Waals surface area contributed by atoms with Gasteiger partial charge < -0.3 is 5.73 Å². The SMILES string of the molecule is CC(C)(C)C1CCC(N)C(c2ccncc2F)C1. The second-order valence-corrected chi connectivity index (χ2v) is 6.54. The van der Waals surface area contributed by atoms with Crippen molar-refractivity contribution in [2.45, 2.75) is 52.0 Å². The minimum Gasteiger partial charge on any atom is -0.327 e. The summed E-state index contributed by atoms with van der Waals surface area (Å²) in [6.45, 7) is 6.78. The fourth-order valence-corrected chi connectivity index (χ4v) is 3.02. The van der Waals surface area contributed by atoms with Crippen molar-refractivity contribution in [3.8, 4) is 0 Å². The Bertz CT molecular complexity index is 411. The highest BCUT2D eigenvalue weighted by Crippen LogP contribution is 2.43. The first-order valence-electron chi connectivity index (χ1n) is 6.74. The fraction of sp³-hybridized carbons (Fsp3) is 0.667. The summed E-state index contributed by atoms with van der Waals surface area (Å²) in [5.74, 6) is 0.522. The minimum absolute atomic E-state index is 0.0699. The van der Waals surface area contributed by atoms with Crippen LogP contribution in [0.5, 0.6) is 0 Å². The van der Waals surface area contributed by atoms with E-state index >= 15 is 0 Å². The first-order valence-corrected chi connectivity index (χ1v) is 6.74. The van der Waals surface area contributed by atoms with E-state index < -0.39 is 0 Å². The molecule has 0 aromatic carbocycles. The molecule has 1 saturated carbocycles. The average Bonchev–Trinajstić information content (AvgIpc) is 2.29. The van der Waals surface area contributed by atoms with Gasteiger partial charge in [0.05, 0.1) is 6.20 Å². The Hall–Kier alpha value is -0.960. The van der Waals surface area contributed by atoms with Gasteiger partial charge in [0, 0.05) is 18.2 Å². The Morgan fingerprint density at radius 2 is 2.06 bits per heavy atom. The van der Waals surface area contributed by atoms with Gasteiger partial charge in [-0.2, -0.15) is 0 Å². The third kappa shape index (κ3) is 2.72. The number of hydrogen-bond donors (Lipinski definition) is 1. The van der Waals surface area contributed by atoms with Gasteiger partial charge in [0.25, 0.3) is 0 Å². The molecule has 1 aromatic rings. The molecule has 2 rings (SSSR count). The van der Waals surface area contributed by atoms with E-state index in [0.29, 0.717) is 5.92 Å². The summed E-state index contributed by atoms with van der Waals surface area (Å²) in [5.41, 5.74) is 7.21. The molecule has 3 unspecified atom stereocenters. The van der Waals surface area contributed by atoms with Crippen LogP contribution in [-0.2, 0) is 0 Å². The smallest absolute Gasteiger partial charge is 0.145 e. The topological polar surface area (TPSA) is 38.9 Å². The third-order valence-corrected chi connectivity index (χ3v) is 4.33. The minimum atomic E-state index is -0.215. The van der Waals surface area contributed by atoms with Crippen LogP contribution in [-0.4, -0.2) is 11.0 Å². The number of hydrogen-bond acceptors (Lipinski definition) is 2. The molecule has 1 fully saturated rings. The lowest BCUT2D eigenvalue weighted by atomic mass is 9.66. The lowest BCUT2D eigenvalue weighted by molar-refractivity contribution is 0.152. The van der Waals surface area contributed by atoms with Crippen LogP contribution in [0.4, 0.5) is 4.39 Å². The summed E-state index contributed by atoms with van der Waals surface area (Å²) in [4.78, 5) is 3.82. The maximum Gasteiger partial charge on any atom is 0.145 e. The van der Waals surface area contributed by atoms with Crippen molar-refractivity contribution in [2.75, 3.05) is 0 Å². The Balaban J connectivity index is 2.23. The van der Waals surface area contributed by atoms with Crippen LogP contribution >= 0.6 is 0 Å². The second-order valence-electron chi connectivity index (χ2n) is 6.54. The van der Waals surface area contributed by atoms with Crippen molar-refractivity contribution in [3.63, 3.8) is 0 Å². The fourth-order valence-electron chi connectivity index (χ4n) is 3.02. The molecule has 0 aliphatic heterocycles. The molecule has 0 bridgehead atoms. The molecule has 18 heavy (non-hydrogen) atoms. The van der Waals surface area contributed by atoms with Crippen LogP contribution in [0.25, 0.3) is 0 Å². The monoisotopic (exact) mass is 250 g/mol. The summed E-state index contributed by atoms with van der Waals surface area (Å²) >= 11 is 0. The van der Waals surface area contributed by atoms with E-state index in [1.165, 1.54) is 6.20 Å². The summed E-state index contributed by atoms with van der Waals surface area (Å²) in [6.07, 6.45) is 6.06. The van der Waals surface area contributed by atoms with Gasteiger partial charge in [0.1, 0.15) is 5.82 Å². The maximum absolute atomic E-state index is 13.9. The van der Waals surface area contributed by atoms with Crippen LogP contribution in [0.2, 0.25) is 0 Å². The van der Waals surface area contributed by atoms with E-state index in [2.05, 4.69) is 25.8 Å². The Morgan fingerprint density at radius 1 is 1.33 bits per heavy atom. The van der Waals surface area contributed by atoms with Crippen LogP contribution in [0.15, 0.2) is 18.5 Å². The molecule has 1 aliphatic rings. The van der Waals surface area contributed by atoms with Gasteiger partial charge in [-0.25, -0.2) is 4.39 Å². The number of pyridine rings is 1. The van der Waals surface area contributed by atoms with E-state index in [-0.39, 0.29) is 23.2 Å². The molecule has 3 atom stereocenters. The van der Waals surface area contributed by atoms with Crippen molar-refractivity contribution in [3.05, 3.63) is 29.8 Å². The summed E-state index contributed by atoms with van der Waals surface area (Å²) in [6, 6.07) is 1.85. The highest BCUT2D eigenvalue weighted by atomic mass is 19.1. The molecular formula is C15H23FN2. The first kappa shape index (κ1) is 13.5. The molecular weight excluding hydrogens is 227 g/mol. The lowest BCUT2D eigenvalue weighted by Gasteiger charge is -2.40. The number of halogens is 1. The lowest BCUT2D eigenvalue weighted by Crippen LogP contribution is -2.38. The predicted molar refractivity (Wildman–Crippen MR) is 71.7 cm³/mol. The zero-order valence-electron chi connectivity index (χ0n) is 11.5. The number of aromatic nitrogens is 1. The van der Waals surface area contributed by atoms with Crippen LogP contribution < -0.4 is 5.73 Å². The highest BCUT2D eigenvalue weighted by Gasteiger charge is 2.35. The molecule has 0 saturated heterocycles. The highest BCUT2D eigenvalue weighted by molar-refractivity contribution is 5.21. The molecule has 0 radical (unpaired) electrons. The molecule has 1 aliphatic carbocycles. The summed E-state index contributed by atoms with van der Waals surface area (Å²) < 4.78 is 13.9. The molecule has 0 amide bonds.